The van der Waals surface area contributed by atoms with Gasteiger partial charge in [-0.15, -0.1) is 0 Å². The van der Waals surface area contributed by atoms with Crippen LogP contribution in [0.2, 0.25) is 0 Å². The molecule has 1 saturated carbocycles. The molecule has 5 atom stereocenters. The number of hydrogen-bond acceptors (Lipinski definition) is 3. The summed E-state index contributed by atoms with van der Waals surface area (Å²) in [6.07, 6.45) is 4.52. The number of rotatable bonds is 5. The first-order valence-electron chi connectivity index (χ1n) is 7.71. The largest absolute Gasteiger partial charge is 0.377 e. The fourth-order valence-electron chi connectivity index (χ4n) is 3.54. The molecule has 2 rings (SSSR count). The fraction of sp³-hybridized carbons (Fsp3) is 1.00. The van der Waals surface area contributed by atoms with Gasteiger partial charge >= 0.3 is 0 Å². The van der Waals surface area contributed by atoms with Crippen molar-refractivity contribution in [3.05, 3.63) is 0 Å². The molecule has 1 N–H and O–H groups in total. The highest BCUT2D eigenvalue weighted by Crippen LogP contribution is 2.41. The van der Waals surface area contributed by atoms with Crippen molar-refractivity contribution in [1.29, 1.82) is 0 Å². The minimum atomic E-state index is -0.768. The van der Waals surface area contributed by atoms with Gasteiger partial charge in [0.15, 0.2) is 0 Å². The number of ether oxygens (including phenoxy) is 1. The van der Waals surface area contributed by atoms with Gasteiger partial charge in [0, 0.05) is 23.4 Å². The lowest BCUT2D eigenvalue weighted by atomic mass is 9.87. The Morgan fingerprint density at radius 1 is 1.32 bits per heavy atom. The first-order chi connectivity index (χ1) is 8.97. The maximum atomic E-state index is 12.9. The summed E-state index contributed by atoms with van der Waals surface area (Å²) in [5.74, 6) is 0. The Labute approximate surface area is 120 Å². The predicted molar refractivity (Wildman–Crippen MR) is 80.8 cm³/mol. The topological polar surface area (TPSA) is 38.3 Å². The molecule has 2 fully saturated rings. The third-order valence-electron chi connectivity index (χ3n) is 4.80. The number of nitrogens with one attached hydrogen (secondary N) is 1. The second kappa shape index (κ2) is 6.23. The zero-order chi connectivity index (χ0) is 14.0. The molecule has 0 aromatic rings. The van der Waals surface area contributed by atoms with E-state index >= 15 is 0 Å². The van der Waals surface area contributed by atoms with Crippen LogP contribution in [0.25, 0.3) is 0 Å². The van der Waals surface area contributed by atoms with Crippen molar-refractivity contribution in [1.82, 2.24) is 5.32 Å². The van der Waals surface area contributed by atoms with Gasteiger partial charge in [-0.25, -0.2) is 0 Å². The summed E-state index contributed by atoms with van der Waals surface area (Å²) in [5, 5.41) is 4.20. The average Bonchev–Trinajstić information content (AvgIpc) is 2.90. The van der Waals surface area contributed by atoms with E-state index in [9.17, 15) is 4.21 Å². The third kappa shape index (κ3) is 3.22. The van der Waals surface area contributed by atoms with Crippen molar-refractivity contribution in [2.24, 2.45) is 5.41 Å². The average molecular weight is 287 g/mol. The molecule has 4 heteroatoms. The standard InChI is InChI=1S/C15H29NO2S/c1-5-9-16-14-13(6-8-15(14,3)4)19(17)12-7-10-18-11(12)2/h11-14,16H,5-10H2,1-4H3. The van der Waals surface area contributed by atoms with Crippen LogP contribution in [-0.2, 0) is 15.5 Å². The molecular weight excluding hydrogens is 258 g/mol. The number of hydrogen-bond donors (Lipinski definition) is 1. The Morgan fingerprint density at radius 2 is 2.05 bits per heavy atom. The monoisotopic (exact) mass is 287 g/mol. The van der Waals surface area contributed by atoms with E-state index in [-0.39, 0.29) is 16.8 Å². The molecule has 112 valence electrons. The molecule has 1 saturated heterocycles. The Hall–Kier alpha value is 0.0700. The highest BCUT2D eigenvalue weighted by atomic mass is 32.2. The molecule has 1 aliphatic heterocycles. The molecule has 0 amide bonds. The molecule has 0 aromatic carbocycles. The predicted octanol–water partition coefficient (Wildman–Crippen LogP) is 2.47. The van der Waals surface area contributed by atoms with Crippen molar-refractivity contribution >= 4 is 10.8 Å². The van der Waals surface area contributed by atoms with Gasteiger partial charge in [-0.3, -0.25) is 4.21 Å². The molecule has 3 nitrogen and oxygen atoms in total. The lowest BCUT2D eigenvalue weighted by Crippen LogP contribution is -2.48. The van der Waals surface area contributed by atoms with Gasteiger partial charge in [-0.05, 0) is 44.6 Å². The van der Waals surface area contributed by atoms with Crippen LogP contribution in [0.1, 0.15) is 53.4 Å². The molecular formula is C15H29NO2S. The van der Waals surface area contributed by atoms with E-state index in [1.807, 2.05) is 0 Å². The molecule has 0 aromatic heterocycles. The normalized spacial score (nSPS) is 39.6. The Balaban J connectivity index is 2.07. The van der Waals surface area contributed by atoms with Gasteiger partial charge in [0.1, 0.15) is 0 Å². The molecule has 19 heavy (non-hydrogen) atoms. The van der Waals surface area contributed by atoms with Crippen LogP contribution in [-0.4, -0.2) is 40.0 Å². The SMILES string of the molecule is CCCNC1C(S(=O)C2CCOC2C)CCC1(C)C. The molecule has 1 heterocycles. The van der Waals surface area contributed by atoms with Gasteiger partial charge in [-0.2, -0.15) is 0 Å². The van der Waals surface area contributed by atoms with Crippen molar-refractivity contribution in [2.45, 2.75) is 76.0 Å². The summed E-state index contributed by atoms with van der Waals surface area (Å²) in [5.41, 5.74) is 0.262. The van der Waals surface area contributed by atoms with Crippen molar-refractivity contribution in [3.63, 3.8) is 0 Å². The highest BCUT2D eigenvalue weighted by Gasteiger charge is 2.47. The van der Waals surface area contributed by atoms with E-state index in [0.717, 1.165) is 32.4 Å². The van der Waals surface area contributed by atoms with E-state index in [1.165, 1.54) is 6.42 Å². The van der Waals surface area contributed by atoms with Crippen LogP contribution in [0.3, 0.4) is 0 Å². The van der Waals surface area contributed by atoms with E-state index in [4.69, 9.17) is 4.74 Å². The summed E-state index contributed by atoms with van der Waals surface area (Å²) in [4.78, 5) is 0. The van der Waals surface area contributed by atoms with E-state index in [2.05, 4.69) is 33.0 Å². The summed E-state index contributed by atoms with van der Waals surface area (Å²) in [6.45, 7) is 10.7. The molecule has 0 bridgehead atoms. The summed E-state index contributed by atoms with van der Waals surface area (Å²) >= 11 is 0. The molecule has 0 spiro atoms. The first-order valence-corrected chi connectivity index (χ1v) is 8.99. The third-order valence-corrected chi connectivity index (χ3v) is 7.13. The summed E-state index contributed by atoms with van der Waals surface area (Å²) in [7, 11) is -0.768. The van der Waals surface area contributed by atoms with E-state index in [1.54, 1.807) is 0 Å². The quantitative estimate of drug-likeness (QED) is 0.844. The van der Waals surface area contributed by atoms with Gasteiger partial charge in [-0.1, -0.05) is 20.8 Å². The van der Waals surface area contributed by atoms with Crippen LogP contribution < -0.4 is 5.32 Å². The van der Waals surface area contributed by atoms with Gasteiger partial charge < -0.3 is 10.1 Å². The van der Waals surface area contributed by atoms with Crippen molar-refractivity contribution in [2.75, 3.05) is 13.2 Å². The van der Waals surface area contributed by atoms with Crippen molar-refractivity contribution < 1.29 is 8.95 Å². The van der Waals surface area contributed by atoms with Gasteiger partial charge in [0.2, 0.25) is 0 Å². The van der Waals surface area contributed by atoms with E-state index < -0.39 is 10.8 Å². The van der Waals surface area contributed by atoms with E-state index in [0.29, 0.717) is 11.3 Å². The fourth-order valence-corrected chi connectivity index (χ4v) is 5.86. The van der Waals surface area contributed by atoms with Crippen LogP contribution in [0.5, 0.6) is 0 Å². The lowest BCUT2D eigenvalue weighted by molar-refractivity contribution is 0.126. The first kappa shape index (κ1) is 15.5. The Morgan fingerprint density at radius 3 is 2.63 bits per heavy atom. The van der Waals surface area contributed by atoms with Crippen LogP contribution >= 0.6 is 0 Å². The molecule has 2 aliphatic rings. The molecule has 0 radical (unpaired) electrons. The highest BCUT2D eigenvalue weighted by molar-refractivity contribution is 7.86. The minimum Gasteiger partial charge on any atom is -0.377 e. The van der Waals surface area contributed by atoms with Crippen LogP contribution in [0.15, 0.2) is 0 Å². The summed E-state index contributed by atoms with van der Waals surface area (Å²) < 4.78 is 18.5. The lowest BCUT2D eigenvalue weighted by Gasteiger charge is -2.32. The molecule has 1 aliphatic carbocycles. The Kier molecular flexibility index (Phi) is 5.07. The molecule has 5 unspecified atom stereocenters. The second-order valence-electron chi connectivity index (χ2n) is 6.73. The maximum absolute atomic E-state index is 12.9. The maximum Gasteiger partial charge on any atom is 0.0691 e. The zero-order valence-electron chi connectivity index (χ0n) is 12.8. The van der Waals surface area contributed by atoms with Gasteiger partial charge in [0.25, 0.3) is 0 Å². The smallest absolute Gasteiger partial charge is 0.0691 e. The second-order valence-corrected chi connectivity index (χ2v) is 8.60. The van der Waals surface area contributed by atoms with Crippen LogP contribution in [0, 0.1) is 5.41 Å². The zero-order valence-corrected chi connectivity index (χ0v) is 13.6. The minimum absolute atomic E-state index is 0.163. The Bertz CT molecular complexity index is 332. The van der Waals surface area contributed by atoms with Crippen LogP contribution in [0.4, 0.5) is 0 Å². The van der Waals surface area contributed by atoms with Gasteiger partial charge in [0.05, 0.1) is 16.6 Å². The summed E-state index contributed by atoms with van der Waals surface area (Å²) in [6, 6.07) is 0.390. The van der Waals surface area contributed by atoms with Crippen molar-refractivity contribution in [3.8, 4) is 0 Å².